The van der Waals surface area contributed by atoms with Crippen LogP contribution in [0.15, 0.2) is 54.9 Å². The second-order valence-electron chi connectivity index (χ2n) is 8.28. The Morgan fingerprint density at radius 2 is 1.97 bits per heavy atom. The van der Waals surface area contributed by atoms with Gasteiger partial charge in [0.25, 0.3) is 0 Å². The molecule has 5 heteroatoms. The Kier molecular flexibility index (Phi) is 6.07. The number of rotatable bonds is 6. The Morgan fingerprint density at radius 1 is 1.12 bits per heavy atom. The van der Waals surface area contributed by atoms with Gasteiger partial charge in [0.15, 0.2) is 0 Å². The van der Waals surface area contributed by atoms with E-state index in [4.69, 9.17) is 0 Å². The van der Waals surface area contributed by atoms with Crippen LogP contribution in [0.5, 0.6) is 0 Å². The number of nitrogens with one attached hydrogen (secondary N) is 2. The molecule has 2 aromatic heterocycles. The molecule has 0 radical (unpaired) electrons. The minimum Gasteiger partial charge on any atom is -0.361 e. The number of benzene rings is 2. The summed E-state index contributed by atoms with van der Waals surface area (Å²) in [6, 6.07) is 16.9. The highest BCUT2D eigenvalue weighted by molar-refractivity contribution is 5.90. The Labute approximate surface area is 189 Å². The molecule has 2 aromatic carbocycles. The summed E-state index contributed by atoms with van der Waals surface area (Å²) in [4.78, 5) is 9.86. The molecule has 2 N–H and O–H groups in total. The highest BCUT2D eigenvalue weighted by Crippen LogP contribution is 2.32. The van der Waals surface area contributed by atoms with E-state index in [-0.39, 0.29) is 0 Å². The third-order valence-electron chi connectivity index (χ3n) is 5.59. The number of aromatic nitrogens is 2. The van der Waals surface area contributed by atoms with E-state index in [9.17, 15) is 5.26 Å². The Balaban J connectivity index is 1.74. The van der Waals surface area contributed by atoms with Crippen molar-refractivity contribution in [3.8, 4) is 6.07 Å². The highest BCUT2D eigenvalue weighted by Gasteiger charge is 2.13. The van der Waals surface area contributed by atoms with Crippen LogP contribution >= 0.6 is 0 Å². The van der Waals surface area contributed by atoms with Crippen LogP contribution in [0.25, 0.3) is 23.1 Å². The predicted molar refractivity (Wildman–Crippen MR) is 133 cm³/mol. The molecule has 0 bridgehead atoms. The topological polar surface area (TPSA) is 67.7 Å². The van der Waals surface area contributed by atoms with E-state index in [0.717, 1.165) is 51.2 Å². The number of nitrogens with zero attached hydrogens (tertiary/aromatic N) is 3. The van der Waals surface area contributed by atoms with Gasteiger partial charge in [-0.3, -0.25) is 4.98 Å². The largest absolute Gasteiger partial charge is 0.361 e. The van der Waals surface area contributed by atoms with E-state index in [0.29, 0.717) is 5.56 Å². The van der Waals surface area contributed by atoms with Gasteiger partial charge in [-0.15, -0.1) is 0 Å². The molecule has 0 saturated heterocycles. The first-order valence-corrected chi connectivity index (χ1v) is 10.6. The molecule has 4 rings (SSSR count). The van der Waals surface area contributed by atoms with Gasteiger partial charge in [0.2, 0.25) is 0 Å². The lowest BCUT2D eigenvalue weighted by Gasteiger charge is -2.16. The lowest BCUT2D eigenvalue weighted by Crippen LogP contribution is -2.10. The summed E-state index contributed by atoms with van der Waals surface area (Å²) in [6.45, 7) is 4.95. The van der Waals surface area contributed by atoms with Gasteiger partial charge in [-0.2, -0.15) is 5.26 Å². The molecule has 0 spiro atoms. The van der Waals surface area contributed by atoms with Crippen molar-refractivity contribution in [3.05, 3.63) is 88.4 Å². The van der Waals surface area contributed by atoms with E-state index < -0.39 is 0 Å². The van der Waals surface area contributed by atoms with E-state index >= 15 is 0 Å². The summed E-state index contributed by atoms with van der Waals surface area (Å²) < 4.78 is 0. The summed E-state index contributed by atoms with van der Waals surface area (Å²) in [5.74, 6) is 0. The van der Waals surface area contributed by atoms with Gasteiger partial charge < -0.3 is 15.2 Å². The second-order valence-corrected chi connectivity index (χ2v) is 8.28. The quantitative estimate of drug-likeness (QED) is 0.399. The Hall–Kier alpha value is -3.88. The molecule has 32 heavy (non-hydrogen) atoms. The summed E-state index contributed by atoms with van der Waals surface area (Å²) >= 11 is 0. The molecule has 0 amide bonds. The number of aryl methyl sites for hydroxylation is 2. The third-order valence-corrected chi connectivity index (χ3v) is 5.59. The Morgan fingerprint density at radius 3 is 2.75 bits per heavy atom. The minimum absolute atomic E-state index is 0.519. The van der Waals surface area contributed by atoms with Crippen LogP contribution in [-0.4, -0.2) is 29.0 Å². The van der Waals surface area contributed by atoms with Crippen LogP contribution in [0.3, 0.4) is 0 Å². The van der Waals surface area contributed by atoms with Crippen LogP contribution in [-0.2, 0) is 6.54 Å². The van der Waals surface area contributed by atoms with Gasteiger partial charge in [-0.25, -0.2) is 0 Å². The third kappa shape index (κ3) is 4.41. The van der Waals surface area contributed by atoms with E-state index in [1.54, 1.807) is 6.20 Å². The Bertz CT molecular complexity index is 1340. The molecule has 0 aliphatic carbocycles. The van der Waals surface area contributed by atoms with Crippen molar-refractivity contribution in [2.45, 2.75) is 20.4 Å². The maximum absolute atomic E-state index is 9.76. The number of hydrogen-bond donors (Lipinski definition) is 2. The van der Waals surface area contributed by atoms with Crippen molar-refractivity contribution in [1.29, 1.82) is 5.26 Å². The fraction of sp³-hybridized carbons (Fsp3) is 0.185. The first kappa shape index (κ1) is 21.4. The molecule has 160 valence electrons. The fourth-order valence-electron chi connectivity index (χ4n) is 3.94. The van der Waals surface area contributed by atoms with Gasteiger partial charge in [0, 0.05) is 46.8 Å². The zero-order chi connectivity index (χ0) is 22.7. The van der Waals surface area contributed by atoms with Gasteiger partial charge in [-0.05, 0) is 62.8 Å². The number of H-pyrrole nitrogens is 1. The number of anilines is 2. The van der Waals surface area contributed by atoms with E-state index in [2.05, 4.69) is 89.7 Å². The van der Waals surface area contributed by atoms with Crippen molar-refractivity contribution in [2.75, 3.05) is 19.4 Å². The minimum atomic E-state index is 0.519. The summed E-state index contributed by atoms with van der Waals surface area (Å²) in [5.41, 5.74) is 8.65. The van der Waals surface area contributed by atoms with Crippen molar-refractivity contribution in [3.63, 3.8) is 0 Å². The molecule has 0 atom stereocenters. The monoisotopic (exact) mass is 421 g/mol. The first-order valence-electron chi connectivity index (χ1n) is 10.6. The smallest absolute Gasteiger partial charge is 0.103 e. The highest BCUT2D eigenvalue weighted by atomic mass is 15.0. The zero-order valence-electron chi connectivity index (χ0n) is 18.9. The molecule has 0 aliphatic rings. The maximum atomic E-state index is 9.76. The van der Waals surface area contributed by atoms with Gasteiger partial charge in [0.1, 0.15) is 6.07 Å². The molecular weight excluding hydrogens is 394 g/mol. The van der Waals surface area contributed by atoms with Gasteiger partial charge in [-0.1, -0.05) is 36.4 Å². The lowest BCUT2D eigenvalue weighted by molar-refractivity contribution is 0.402. The molecule has 5 nitrogen and oxygen atoms in total. The lowest BCUT2D eigenvalue weighted by atomic mass is 10.0. The van der Waals surface area contributed by atoms with Gasteiger partial charge in [0.05, 0.1) is 11.3 Å². The SMILES string of the molecule is Cc1ncc(C#N)c(Nc2ccc3[nH]ccc3c2C)c1/C=C/c1cccc(CN(C)C)c1. The predicted octanol–water partition coefficient (Wildman–Crippen LogP) is 6.03. The van der Waals surface area contributed by atoms with Crippen LogP contribution in [0, 0.1) is 25.2 Å². The molecule has 0 fully saturated rings. The normalized spacial score (nSPS) is 11.4. The second kappa shape index (κ2) is 9.09. The summed E-state index contributed by atoms with van der Waals surface area (Å²) in [6.07, 6.45) is 7.70. The van der Waals surface area contributed by atoms with Crippen LogP contribution < -0.4 is 5.32 Å². The maximum Gasteiger partial charge on any atom is 0.103 e. The van der Waals surface area contributed by atoms with Crippen molar-refractivity contribution >= 4 is 34.4 Å². The molecular formula is C27H27N5. The van der Waals surface area contributed by atoms with Crippen LogP contribution in [0.4, 0.5) is 11.4 Å². The summed E-state index contributed by atoms with van der Waals surface area (Å²) in [7, 11) is 4.13. The van der Waals surface area contributed by atoms with Crippen molar-refractivity contribution in [2.24, 2.45) is 0 Å². The number of nitriles is 1. The van der Waals surface area contributed by atoms with Crippen molar-refractivity contribution in [1.82, 2.24) is 14.9 Å². The standard InChI is InChI=1S/C27H27N5/c1-18-23-12-13-29-26(23)11-10-25(18)31-27-22(15-28)16-30-19(2)24(27)9-8-20-6-5-7-21(14-20)17-32(3)4/h5-14,16,29H,17H2,1-4H3,(H,30,31)/b9-8+. The van der Waals surface area contributed by atoms with E-state index in [1.165, 1.54) is 5.56 Å². The average molecular weight is 422 g/mol. The summed E-state index contributed by atoms with van der Waals surface area (Å²) in [5, 5.41) is 14.4. The molecule has 0 unspecified atom stereocenters. The van der Waals surface area contributed by atoms with Crippen molar-refractivity contribution < 1.29 is 0 Å². The fourth-order valence-corrected chi connectivity index (χ4v) is 3.94. The number of aromatic amines is 1. The zero-order valence-corrected chi connectivity index (χ0v) is 18.9. The molecule has 4 aromatic rings. The van der Waals surface area contributed by atoms with Crippen LogP contribution in [0.2, 0.25) is 0 Å². The van der Waals surface area contributed by atoms with E-state index in [1.807, 2.05) is 25.3 Å². The van der Waals surface area contributed by atoms with Crippen LogP contribution in [0.1, 0.15) is 33.5 Å². The van der Waals surface area contributed by atoms with Gasteiger partial charge >= 0.3 is 0 Å². The average Bonchev–Trinajstić information content (AvgIpc) is 3.25. The number of pyridine rings is 1. The molecule has 0 aliphatic heterocycles. The number of fused-ring (bicyclic) bond motifs is 1. The molecule has 0 saturated carbocycles. The number of hydrogen-bond acceptors (Lipinski definition) is 4. The molecule has 2 heterocycles. The first-order chi connectivity index (χ1) is 15.5.